The van der Waals surface area contributed by atoms with Crippen molar-refractivity contribution in [2.45, 2.75) is 52.4 Å². The van der Waals surface area contributed by atoms with Gasteiger partial charge in [0, 0.05) is 0 Å². The summed E-state index contributed by atoms with van der Waals surface area (Å²) in [4.78, 5) is 10.7. The molecule has 0 aromatic heterocycles. The Morgan fingerprint density at radius 1 is 1.15 bits per heavy atom. The highest BCUT2D eigenvalue weighted by molar-refractivity contribution is 5.69. The first-order valence-electron chi connectivity index (χ1n) is 4.95. The van der Waals surface area contributed by atoms with E-state index in [4.69, 9.17) is 5.11 Å². The number of unbranched alkanes of at least 4 members (excludes halogenated alkanes) is 2. The van der Waals surface area contributed by atoms with Gasteiger partial charge in [0.1, 0.15) is 0 Å². The molecule has 13 heavy (non-hydrogen) atoms. The molecule has 0 bridgehead atoms. The Hall–Kier alpha value is -0.570. The van der Waals surface area contributed by atoms with Crippen molar-refractivity contribution in [3.63, 3.8) is 0 Å². The smallest absolute Gasteiger partial charge is 0.306 e. The van der Waals surface area contributed by atoms with Gasteiger partial charge in [0.25, 0.3) is 0 Å². The molecule has 0 heterocycles. The second kappa shape index (κ2) is 9.52. The summed E-state index contributed by atoms with van der Waals surface area (Å²) in [5.41, 5.74) is 0. The monoisotopic (exact) mass is 190 g/mol. The SMILES string of the molecule is CCCCC(CCCC)C(=O)O.O. The van der Waals surface area contributed by atoms with Crippen molar-refractivity contribution >= 4 is 5.97 Å². The van der Waals surface area contributed by atoms with Crippen molar-refractivity contribution in [1.29, 1.82) is 0 Å². The van der Waals surface area contributed by atoms with E-state index in [-0.39, 0.29) is 11.4 Å². The lowest BCUT2D eigenvalue weighted by Crippen LogP contribution is -2.13. The highest BCUT2D eigenvalue weighted by atomic mass is 16.4. The summed E-state index contributed by atoms with van der Waals surface area (Å²) in [5.74, 6) is -0.707. The molecule has 0 saturated heterocycles. The Morgan fingerprint density at radius 2 is 1.54 bits per heavy atom. The third-order valence-corrected chi connectivity index (χ3v) is 2.16. The number of hydrogen-bond acceptors (Lipinski definition) is 1. The number of hydrogen-bond donors (Lipinski definition) is 1. The van der Waals surface area contributed by atoms with Gasteiger partial charge in [-0.25, -0.2) is 0 Å². The van der Waals surface area contributed by atoms with E-state index in [2.05, 4.69) is 13.8 Å². The lowest BCUT2D eigenvalue weighted by Gasteiger charge is -2.10. The molecule has 0 spiro atoms. The van der Waals surface area contributed by atoms with Gasteiger partial charge in [-0.15, -0.1) is 0 Å². The van der Waals surface area contributed by atoms with Crippen molar-refractivity contribution in [2.75, 3.05) is 0 Å². The third kappa shape index (κ3) is 7.78. The maximum Gasteiger partial charge on any atom is 0.306 e. The summed E-state index contributed by atoms with van der Waals surface area (Å²) in [5, 5.41) is 8.83. The Labute approximate surface area is 80.5 Å². The van der Waals surface area contributed by atoms with E-state index in [0.29, 0.717) is 0 Å². The zero-order valence-electron chi connectivity index (χ0n) is 8.68. The van der Waals surface area contributed by atoms with Crippen LogP contribution in [-0.4, -0.2) is 16.6 Å². The van der Waals surface area contributed by atoms with Gasteiger partial charge in [-0.3, -0.25) is 4.79 Å². The lowest BCUT2D eigenvalue weighted by molar-refractivity contribution is -0.142. The van der Waals surface area contributed by atoms with Gasteiger partial charge in [-0.05, 0) is 12.8 Å². The van der Waals surface area contributed by atoms with Crippen LogP contribution in [0, 0.1) is 5.92 Å². The van der Waals surface area contributed by atoms with Crippen LogP contribution in [0.5, 0.6) is 0 Å². The van der Waals surface area contributed by atoms with Crippen LogP contribution in [0.2, 0.25) is 0 Å². The van der Waals surface area contributed by atoms with Crippen LogP contribution in [0.25, 0.3) is 0 Å². The van der Waals surface area contributed by atoms with Crippen LogP contribution < -0.4 is 0 Å². The Bertz CT molecular complexity index is 115. The maximum absolute atomic E-state index is 10.7. The fourth-order valence-corrected chi connectivity index (χ4v) is 1.29. The van der Waals surface area contributed by atoms with Crippen molar-refractivity contribution in [2.24, 2.45) is 5.92 Å². The van der Waals surface area contributed by atoms with Crippen LogP contribution in [-0.2, 0) is 4.79 Å². The molecule has 0 rings (SSSR count). The minimum absolute atomic E-state index is 0. The normalized spacial score (nSPS) is 9.77. The van der Waals surface area contributed by atoms with Crippen LogP contribution in [0.3, 0.4) is 0 Å². The molecule has 0 aromatic rings. The van der Waals surface area contributed by atoms with E-state index >= 15 is 0 Å². The molecule has 0 fully saturated rings. The van der Waals surface area contributed by atoms with Crippen molar-refractivity contribution in [3.05, 3.63) is 0 Å². The Morgan fingerprint density at radius 3 is 1.77 bits per heavy atom. The van der Waals surface area contributed by atoms with Gasteiger partial charge in [0.15, 0.2) is 0 Å². The first-order valence-corrected chi connectivity index (χ1v) is 4.95. The van der Waals surface area contributed by atoms with Gasteiger partial charge in [-0.1, -0.05) is 39.5 Å². The molecule has 0 unspecified atom stereocenters. The van der Waals surface area contributed by atoms with Gasteiger partial charge < -0.3 is 10.6 Å². The summed E-state index contributed by atoms with van der Waals surface area (Å²) >= 11 is 0. The molecule has 0 aliphatic carbocycles. The van der Waals surface area contributed by atoms with E-state index in [1.807, 2.05) is 0 Å². The quantitative estimate of drug-likeness (QED) is 0.668. The topological polar surface area (TPSA) is 68.8 Å². The molecule has 3 heteroatoms. The fraction of sp³-hybridized carbons (Fsp3) is 0.900. The number of carboxylic acid groups (broad SMARTS) is 1. The average molecular weight is 190 g/mol. The highest BCUT2D eigenvalue weighted by Gasteiger charge is 2.15. The van der Waals surface area contributed by atoms with Gasteiger partial charge in [0.05, 0.1) is 5.92 Å². The first-order chi connectivity index (χ1) is 5.72. The van der Waals surface area contributed by atoms with Crippen LogP contribution in [0.15, 0.2) is 0 Å². The first kappa shape index (κ1) is 14.9. The van der Waals surface area contributed by atoms with Gasteiger partial charge >= 0.3 is 5.97 Å². The predicted octanol–water partition coefficient (Wildman–Crippen LogP) is 2.24. The Balaban J connectivity index is 0. The summed E-state index contributed by atoms with van der Waals surface area (Å²) < 4.78 is 0. The summed E-state index contributed by atoms with van der Waals surface area (Å²) in [6, 6.07) is 0. The van der Waals surface area contributed by atoms with E-state index in [1.165, 1.54) is 0 Å². The zero-order chi connectivity index (χ0) is 9.40. The van der Waals surface area contributed by atoms with E-state index in [0.717, 1.165) is 38.5 Å². The molecule has 3 nitrogen and oxygen atoms in total. The van der Waals surface area contributed by atoms with E-state index in [1.54, 1.807) is 0 Å². The summed E-state index contributed by atoms with van der Waals surface area (Å²) in [7, 11) is 0. The van der Waals surface area contributed by atoms with Crippen LogP contribution >= 0.6 is 0 Å². The van der Waals surface area contributed by atoms with Crippen LogP contribution in [0.1, 0.15) is 52.4 Å². The van der Waals surface area contributed by atoms with Gasteiger partial charge in [-0.2, -0.15) is 0 Å². The number of carbonyl (C=O) groups is 1. The number of aliphatic carboxylic acids is 1. The largest absolute Gasteiger partial charge is 0.481 e. The number of rotatable bonds is 7. The van der Waals surface area contributed by atoms with E-state index in [9.17, 15) is 4.79 Å². The molecule has 0 amide bonds. The highest BCUT2D eigenvalue weighted by Crippen LogP contribution is 2.15. The molecule has 0 aliphatic rings. The second-order valence-electron chi connectivity index (χ2n) is 3.32. The molecule has 0 aliphatic heterocycles. The lowest BCUT2D eigenvalue weighted by atomic mass is 9.96. The third-order valence-electron chi connectivity index (χ3n) is 2.16. The zero-order valence-corrected chi connectivity index (χ0v) is 8.68. The van der Waals surface area contributed by atoms with Crippen molar-refractivity contribution < 1.29 is 15.4 Å². The molecule has 3 N–H and O–H groups in total. The molecule has 0 atom stereocenters. The molecule has 0 radical (unpaired) electrons. The standard InChI is InChI=1S/C10H20O2.H2O/c1-3-5-7-9(10(11)12)8-6-4-2;/h9H,3-8H2,1-2H3,(H,11,12);1H2. The molecular formula is C10H22O3. The Kier molecular flexibility index (Phi) is 10.9. The summed E-state index contributed by atoms with van der Waals surface area (Å²) in [6.07, 6.45) is 5.98. The van der Waals surface area contributed by atoms with E-state index < -0.39 is 5.97 Å². The van der Waals surface area contributed by atoms with Crippen molar-refractivity contribution in [1.82, 2.24) is 0 Å². The van der Waals surface area contributed by atoms with Crippen molar-refractivity contribution in [3.8, 4) is 0 Å². The summed E-state index contributed by atoms with van der Waals surface area (Å²) in [6.45, 7) is 4.19. The molecule has 80 valence electrons. The van der Waals surface area contributed by atoms with Crippen LogP contribution in [0.4, 0.5) is 0 Å². The fourth-order valence-electron chi connectivity index (χ4n) is 1.29. The van der Waals surface area contributed by atoms with Gasteiger partial charge in [0.2, 0.25) is 0 Å². The average Bonchev–Trinajstić information content (AvgIpc) is 2.04. The minimum atomic E-state index is -0.614. The minimum Gasteiger partial charge on any atom is -0.481 e. The molecule has 0 saturated carbocycles. The second-order valence-corrected chi connectivity index (χ2v) is 3.32. The number of carboxylic acids is 1. The predicted molar refractivity (Wildman–Crippen MR) is 53.8 cm³/mol. The molecular weight excluding hydrogens is 168 g/mol. The molecule has 0 aromatic carbocycles. The maximum atomic E-state index is 10.7.